The maximum Gasteiger partial charge on any atom is 0.159 e. The summed E-state index contributed by atoms with van der Waals surface area (Å²) in [5.41, 5.74) is 1.94. The lowest BCUT2D eigenvalue weighted by Gasteiger charge is -2.23. The predicted molar refractivity (Wildman–Crippen MR) is 69.5 cm³/mol. The van der Waals surface area contributed by atoms with Gasteiger partial charge < -0.3 is 14.6 Å². The Morgan fingerprint density at radius 3 is 3.28 bits per heavy atom. The fourth-order valence-electron chi connectivity index (χ4n) is 2.45. The van der Waals surface area contributed by atoms with Crippen molar-refractivity contribution in [3.8, 4) is 0 Å². The minimum absolute atomic E-state index is 0.223. The summed E-state index contributed by atoms with van der Waals surface area (Å²) in [4.78, 5) is 9.08. The minimum atomic E-state index is 0.223. The molecule has 18 heavy (non-hydrogen) atoms. The van der Waals surface area contributed by atoms with E-state index in [0.717, 1.165) is 49.7 Å². The van der Waals surface area contributed by atoms with Crippen LogP contribution >= 0.6 is 0 Å². The van der Waals surface area contributed by atoms with Crippen LogP contribution < -0.4 is 5.32 Å². The lowest BCUT2D eigenvalue weighted by atomic mass is 10.2. The van der Waals surface area contributed by atoms with Gasteiger partial charge in [-0.2, -0.15) is 0 Å². The van der Waals surface area contributed by atoms with Crippen LogP contribution in [0.4, 0.5) is 0 Å². The van der Waals surface area contributed by atoms with Crippen molar-refractivity contribution in [1.82, 2.24) is 19.9 Å². The first-order chi connectivity index (χ1) is 8.88. The van der Waals surface area contributed by atoms with Crippen LogP contribution in [0.3, 0.4) is 0 Å². The lowest BCUT2D eigenvalue weighted by Crippen LogP contribution is -2.40. The Bertz CT molecular complexity index is 531. The molecular formula is C13H18N4O. The molecule has 5 nitrogen and oxygen atoms in total. The van der Waals surface area contributed by atoms with Crippen LogP contribution in [0.5, 0.6) is 0 Å². The van der Waals surface area contributed by atoms with Crippen molar-refractivity contribution in [1.29, 1.82) is 0 Å². The first-order valence-corrected chi connectivity index (χ1v) is 6.51. The van der Waals surface area contributed by atoms with E-state index in [1.165, 1.54) is 0 Å². The number of rotatable bonds is 3. The molecule has 0 aromatic carbocycles. The molecule has 3 rings (SSSR count). The van der Waals surface area contributed by atoms with Gasteiger partial charge in [-0.15, -0.1) is 0 Å². The van der Waals surface area contributed by atoms with E-state index >= 15 is 0 Å². The van der Waals surface area contributed by atoms with Gasteiger partial charge in [0.05, 0.1) is 12.7 Å². The van der Waals surface area contributed by atoms with E-state index in [9.17, 15) is 0 Å². The van der Waals surface area contributed by atoms with Gasteiger partial charge in [-0.1, -0.05) is 0 Å². The minimum Gasteiger partial charge on any atom is -0.375 e. The van der Waals surface area contributed by atoms with E-state index < -0.39 is 0 Å². The van der Waals surface area contributed by atoms with Crippen molar-refractivity contribution in [3.63, 3.8) is 0 Å². The number of hydrogen-bond donors (Lipinski definition) is 1. The zero-order valence-electron chi connectivity index (χ0n) is 10.6. The maximum atomic E-state index is 5.74. The smallest absolute Gasteiger partial charge is 0.159 e. The number of aryl methyl sites for hydroxylation is 1. The number of nitrogens with zero attached hydrogens (tertiary/aromatic N) is 3. The molecule has 1 unspecified atom stereocenters. The van der Waals surface area contributed by atoms with Crippen molar-refractivity contribution in [2.45, 2.75) is 26.0 Å². The zero-order chi connectivity index (χ0) is 12.4. The van der Waals surface area contributed by atoms with E-state index in [2.05, 4.69) is 26.8 Å². The molecule has 1 aliphatic heterocycles. The molecule has 1 fully saturated rings. The highest BCUT2D eigenvalue weighted by molar-refractivity contribution is 5.71. The average Bonchev–Trinajstić information content (AvgIpc) is 2.77. The molecule has 96 valence electrons. The van der Waals surface area contributed by atoms with Gasteiger partial charge in [0, 0.05) is 32.3 Å². The molecule has 5 heteroatoms. The maximum absolute atomic E-state index is 5.74. The molecule has 1 saturated heterocycles. The molecule has 1 aliphatic rings. The van der Waals surface area contributed by atoms with E-state index in [1.54, 1.807) is 0 Å². The van der Waals surface area contributed by atoms with E-state index in [-0.39, 0.29) is 6.10 Å². The second kappa shape index (κ2) is 5.04. The van der Waals surface area contributed by atoms with Crippen molar-refractivity contribution in [2.75, 3.05) is 19.7 Å². The Balaban J connectivity index is 1.90. The van der Waals surface area contributed by atoms with Gasteiger partial charge in [-0.3, -0.25) is 0 Å². The van der Waals surface area contributed by atoms with Crippen molar-refractivity contribution in [3.05, 3.63) is 24.2 Å². The summed E-state index contributed by atoms with van der Waals surface area (Å²) in [5, 5.41) is 3.35. The molecule has 1 atom stereocenters. The molecule has 1 N–H and O–H groups in total. The van der Waals surface area contributed by atoms with Gasteiger partial charge in [-0.05, 0) is 19.1 Å². The van der Waals surface area contributed by atoms with Crippen molar-refractivity contribution in [2.24, 2.45) is 0 Å². The second-order valence-electron chi connectivity index (χ2n) is 4.52. The summed E-state index contributed by atoms with van der Waals surface area (Å²) in [5.74, 6) is 1.07. The van der Waals surface area contributed by atoms with Gasteiger partial charge in [0.2, 0.25) is 0 Å². The highest BCUT2D eigenvalue weighted by Gasteiger charge is 2.18. The van der Waals surface area contributed by atoms with Crippen molar-refractivity contribution < 1.29 is 4.74 Å². The number of fused-ring (bicyclic) bond motifs is 1. The monoisotopic (exact) mass is 246 g/mol. The molecular weight excluding hydrogens is 228 g/mol. The SMILES string of the molecule is CCn1c(CC2CNCCO2)nc2cccnc21. The van der Waals surface area contributed by atoms with Crippen LogP contribution in [0.25, 0.3) is 11.2 Å². The molecule has 2 aromatic heterocycles. The van der Waals surface area contributed by atoms with Crippen LogP contribution in [0, 0.1) is 0 Å². The highest BCUT2D eigenvalue weighted by atomic mass is 16.5. The average molecular weight is 246 g/mol. The topological polar surface area (TPSA) is 52.0 Å². The summed E-state index contributed by atoms with van der Waals surface area (Å²) >= 11 is 0. The number of hydrogen-bond acceptors (Lipinski definition) is 4. The largest absolute Gasteiger partial charge is 0.375 e. The van der Waals surface area contributed by atoms with Crippen LogP contribution in [-0.2, 0) is 17.7 Å². The van der Waals surface area contributed by atoms with Gasteiger partial charge in [0.15, 0.2) is 5.65 Å². The summed E-state index contributed by atoms with van der Waals surface area (Å²) in [7, 11) is 0. The van der Waals surface area contributed by atoms with Crippen molar-refractivity contribution >= 4 is 11.2 Å². The summed E-state index contributed by atoms with van der Waals surface area (Å²) in [6, 6.07) is 3.94. The van der Waals surface area contributed by atoms with Crippen LogP contribution in [0.15, 0.2) is 18.3 Å². The standard InChI is InChI=1S/C13H18N4O/c1-2-17-12(8-10-9-14-6-7-18-10)16-11-4-3-5-15-13(11)17/h3-5,10,14H,2,6-9H2,1H3. The third-order valence-corrected chi connectivity index (χ3v) is 3.31. The first kappa shape index (κ1) is 11.6. The lowest BCUT2D eigenvalue weighted by molar-refractivity contribution is 0.0276. The molecule has 0 spiro atoms. The summed E-state index contributed by atoms with van der Waals surface area (Å²) in [6.45, 7) is 5.65. The Hall–Kier alpha value is -1.46. The quantitative estimate of drug-likeness (QED) is 0.877. The van der Waals surface area contributed by atoms with Gasteiger partial charge in [-0.25, -0.2) is 9.97 Å². The second-order valence-corrected chi connectivity index (χ2v) is 4.52. The number of ether oxygens (including phenoxy) is 1. The third-order valence-electron chi connectivity index (χ3n) is 3.31. The summed E-state index contributed by atoms with van der Waals surface area (Å²) in [6.07, 6.45) is 2.89. The number of aromatic nitrogens is 3. The Labute approximate surface area is 106 Å². The third kappa shape index (κ3) is 2.11. The normalized spacial score (nSPS) is 20.4. The first-order valence-electron chi connectivity index (χ1n) is 6.51. The van der Waals surface area contributed by atoms with E-state index in [4.69, 9.17) is 4.74 Å². The molecule has 0 aliphatic carbocycles. The zero-order valence-corrected chi connectivity index (χ0v) is 10.6. The Morgan fingerprint density at radius 2 is 2.50 bits per heavy atom. The number of morpholine rings is 1. The predicted octanol–water partition coefficient (Wildman–Crippen LogP) is 0.982. The number of imidazole rings is 1. The van der Waals surface area contributed by atoms with Crippen LogP contribution in [-0.4, -0.2) is 40.3 Å². The molecule has 2 aromatic rings. The van der Waals surface area contributed by atoms with E-state index in [0.29, 0.717) is 0 Å². The molecule has 3 heterocycles. The van der Waals surface area contributed by atoms with Crippen LogP contribution in [0.1, 0.15) is 12.7 Å². The van der Waals surface area contributed by atoms with Gasteiger partial charge in [0.1, 0.15) is 11.3 Å². The molecule has 0 radical (unpaired) electrons. The fourth-order valence-corrected chi connectivity index (χ4v) is 2.45. The van der Waals surface area contributed by atoms with Gasteiger partial charge in [0.25, 0.3) is 0 Å². The van der Waals surface area contributed by atoms with E-state index in [1.807, 2.05) is 18.3 Å². The molecule has 0 amide bonds. The number of nitrogens with one attached hydrogen (secondary N) is 1. The van der Waals surface area contributed by atoms with Crippen LogP contribution in [0.2, 0.25) is 0 Å². The van der Waals surface area contributed by atoms with Gasteiger partial charge >= 0.3 is 0 Å². The fraction of sp³-hybridized carbons (Fsp3) is 0.538. The molecule has 0 bridgehead atoms. The molecule has 0 saturated carbocycles. The Morgan fingerprint density at radius 1 is 1.56 bits per heavy atom. The summed E-state index contributed by atoms with van der Waals surface area (Å²) < 4.78 is 7.92. The number of pyridine rings is 1. The highest BCUT2D eigenvalue weighted by Crippen LogP contribution is 2.15. The Kier molecular flexibility index (Phi) is 3.25.